The number of amides is 1. The van der Waals surface area contributed by atoms with Gasteiger partial charge in [0, 0.05) is 5.57 Å². The normalized spacial score (nSPS) is 13.8. The Bertz CT molecular complexity index is 616. The Morgan fingerprint density at radius 2 is 1.60 bits per heavy atom. The first kappa shape index (κ1) is 18.8. The van der Waals surface area contributed by atoms with Crippen LogP contribution in [0.2, 0.25) is 0 Å². The number of carbonyl (C=O) groups is 1. The maximum atomic E-state index is 11.7. The largest absolute Gasteiger partial charge is 0.333 e. The lowest BCUT2D eigenvalue weighted by Crippen LogP contribution is -2.44. The van der Waals surface area contributed by atoms with E-state index >= 15 is 0 Å². The van der Waals surface area contributed by atoms with Crippen LogP contribution < -0.4 is 5.32 Å². The molecule has 0 saturated carbocycles. The topological polar surface area (TPSA) is 138 Å². The molecule has 0 fully saturated rings. The molecule has 116 valence electrons. The maximum Gasteiger partial charge on any atom is 0.286 e. The standard InChI is InChI=1S/C10H17NO7S2/c1-6(2)10(20(16,17)18)11-9(12)8(4)7(3)5-19(13,14)15/h6,10H,3-5H2,1-2H3,(H,11,12)(H,13,14,15)(H,16,17,18). The maximum absolute atomic E-state index is 11.7. The van der Waals surface area contributed by atoms with Crippen LogP contribution in [0.1, 0.15) is 13.8 Å². The quantitative estimate of drug-likeness (QED) is 0.339. The van der Waals surface area contributed by atoms with Gasteiger partial charge in [-0.15, -0.1) is 0 Å². The number of rotatable bonds is 7. The van der Waals surface area contributed by atoms with Crippen molar-refractivity contribution in [2.45, 2.75) is 19.2 Å². The molecule has 0 spiro atoms. The van der Waals surface area contributed by atoms with Crippen molar-refractivity contribution in [2.75, 3.05) is 5.75 Å². The summed E-state index contributed by atoms with van der Waals surface area (Å²) in [6, 6.07) is 0. The van der Waals surface area contributed by atoms with Gasteiger partial charge < -0.3 is 5.32 Å². The van der Waals surface area contributed by atoms with Gasteiger partial charge in [-0.2, -0.15) is 16.8 Å². The molecule has 0 aromatic rings. The van der Waals surface area contributed by atoms with Crippen LogP contribution in [-0.2, 0) is 25.0 Å². The van der Waals surface area contributed by atoms with E-state index in [9.17, 15) is 21.6 Å². The highest BCUT2D eigenvalue weighted by Gasteiger charge is 2.29. The van der Waals surface area contributed by atoms with Gasteiger partial charge in [-0.25, -0.2) is 0 Å². The van der Waals surface area contributed by atoms with Gasteiger partial charge in [-0.05, 0) is 11.5 Å². The number of carbonyl (C=O) groups excluding carboxylic acids is 1. The summed E-state index contributed by atoms with van der Waals surface area (Å²) in [7, 11) is -8.91. The molecule has 0 aliphatic carbocycles. The van der Waals surface area contributed by atoms with Crippen molar-refractivity contribution in [3.05, 3.63) is 24.3 Å². The Labute approximate surface area is 118 Å². The van der Waals surface area contributed by atoms with Crippen LogP contribution in [-0.4, -0.2) is 43.0 Å². The highest BCUT2D eigenvalue weighted by atomic mass is 32.2. The zero-order chi connectivity index (χ0) is 16.3. The van der Waals surface area contributed by atoms with E-state index < -0.39 is 48.8 Å². The minimum Gasteiger partial charge on any atom is -0.333 e. The molecule has 0 aromatic heterocycles. The first-order valence-corrected chi connectivity index (χ1v) is 8.46. The summed E-state index contributed by atoms with van der Waals surface area (Å²) in [6.07, 6.45) is 0. The van der Waals surface area contributed by atoms with Crippen molar-refractivity contribution in [1.29, 1.82) is 0 Å². The van der Waals surface area contributed by atoms with Gasteiger partial charge in [0.15, 0.2) is 5.37 Å². The second-order valence-electron chi connectivity index (χ2n) is 4.46. The molecule has 1 atom stereocenters. The fourth-order valence-corrected chi connectivity index (χ4v) is 2.83. The Balaban J connectivity index is 5.01. The third kappa shape index (κ3) is 6.28. The van der Waals surface area contributed by atoms with Crippen LogP contribution >= 0.6 is 0 Å². The van der Waals surface area contributed by atoms with Crippen LogP contribution in [0, 0.1) is 5.92 Å². The summed E-state index contributed by atoms with van der Waals surface area (Å²) in [5.74, 6) is -2.54. The van der Waals surface area contributed by atoms with E-state index in [0.717, 1.165) is 0 Å². The molecule has 20 heavy (non-hydrogen) atoms. The summed E-state index contributed by atoms with van der Waals surface area (Å²) in [5, 5.41) is 0.445. The first-order chi connectivity index (χ1) is 8.75. The monoisotopic (exact) mass is 327 g/mol. The Morgan fingerprint density at radius 3 is 1.90 bits per heavy atom. The molecular formula is C10H17NO7S2. The van der Waals surface area contributed by atoms with Crippen LogP contribution in [0.15, 0.2) is 24.3 Å². The predicted octanol–water partition coefficient (Wildman–Crippen LogP) is -0.0273. The molecule has 0 radical (unpaired) electrons. The van der Waals surface area contributed by atoms with Crippen molar-refractivity contribution in [3.63, 3.8) is 0 Å². The SMILES string of the molecule is C=C(CS(=O)(=O)O)C(=C)C(=O)NC(C(C)C)S(=O)(=O)O. The average Bonchev–Trinajstić information content (AvgIpc) is 2.19. The van der Waals surface area contributed by atoms with Crippen LogP contribution in [0.3, 0.4) is 0 Å². The fraction of sp³-hybridized carbons (Fsp3) is 0.500. The number of hydrogen-bond acceptors (Lipinski definition) is 5. The second kappa shape index (κ2) is 6.48. The van der Waals surface area contributed by atoms with Gasteiger partial charge in [-0.1, -0.05) is 27.0 Å². The smallest absolute Gasteiger partial charge is 0.286 e. The van der Waals surface area contributed by atoms with E-state index in [1.165, 1.54) is 13.8 Å². The molecule has 0 heterocycles. The summed E-state index contributed by atoms with van der Waals surface area (Å²) in [4.78, 5) is 11.7. The molecular weight excluding hydrogens is 310 g/mol. The molecule has 0 bridgehead atoms. The molecule has 10 heteroatoms. The lowest BCUT2D eigenvalue weighted by atomic mass is 10.1. The molecule has 0 aliphatic heterocycles. The molecule has 0 aromatic carbocycles. The van der Waals surface area contributed by atoms with E-state index in [1.807, 2.05) is 5.32 Å². The Morgan fingerprint density at radius 1 is 1.15 bits per heavy atom. The van der Waals surface area contributed by atoms with E-state index in [1.54, 1.807) is 0 Å². The number of hydrogen-bond donors (Lipinski definition) is 3. The lowest BCUT2D eigenvalue weighted by Gasteiger charge is -2.20. The Kier molecular flexibility index (Phi) is 6.08. The van der Waals surface area contributed by atoms with Gasteiger partial charge >= 0.3 is 0 Å². The van der Waals surface area contributed by atoms with Gasteiger partial charge in [0.05, 0.1) is 0 Å². The van der Waals surface area contributed by atoms with Crippen molar-refractivity contribution < 1.29 is 30.7 Å². The second-order valence-corrected chi connectivity index (χ2v) is 7.45. The third-order valence-electron chi connectivity index (χ3n) is 2.26. The van der Waals surface area contributed by atoms with Gasteiger partial charge in [0.2, 0.25) is 0 Å². The first-order valence-electron chi connectivity index (χ1n) is 5.35. The minimum absolute atomic E-state index is 0.289. The van der Waals surface area contributed by atoms with E-state index in [-0.39, 0.29) is 5.57 Å². The summed E-state index contributed by atoms with van der Waals surface area (Å²) < 4.78 is 61.0. The van der Waals surface area contributed by atoms with Crippen LogP contribution in [0.5, 0.6) is 0 Å². The lowest BCUT2D eigenvalue weighted by molar-refractivity contribution is -0.117. The fourth-order valence-electron chi connectivity index (χ4n) is 1.27. The molecule has 3 N–H and O–H groups in total. The van der Waals surface area contributed by atoms with Crippen LogP contribution in [0.25, 0.3) is 0 Å². The molecule has 0 aliphatic rings. The summed E-state index contributed by atoms with van der Waals surface area (Å²) >= 11 is 0. The van der Waals surface area contributed by atoms with Crippen molar-refractivity contribution in [2.24, 2.45) is 5.92 Å². The zero-order valence-corrected chi connectivity index (χ0v) is 12.7. The van der Waals surface area contributed by atoms with E-state index in [4.69, 9.17) is 9.11 Å². The predicted molar refractivity (Wildman–Crippen MR) is 73.0 cm³/mol. The molecule has 0 rings (SSSR count). The summed E-state index contributed by atoms with van der Waals surface area (Å²) in [5.41, 5.74) is -0.695. The van der Waals surface area contributed by atoms with E-state index in [2.05, 4.69) is 13.2 Å². The van der Waals surface area contributed by atoms with Crippen molar-refractivity contribution in [1.82, 2.24) is 5.32 Å². The molecule has 0 saturated heterocycles. The minimum atomic E-state index is -4.52. The third-order valence-corrected chi connectivity index (χ3v) is 4.27. The average molecular weight is 327 g/mol. The highest BCUT2D eigenvalue weighted by Crippen LogP contribution is 2.12. The molecule has 1 unspecified atom stereocenters. The van der Waals surface area contributed by atoms with Crippen molar-refractivity contribution >= 4 is 26.1 Å². The zero-order valence-electron chi connectivity index (χ0n) is 11.0. The summed E-state index contributed by atoms with van der Waals surface area (Å²) in [6.45, 7) is 9.44. The highest BCUT2D eigenvalue weighted by molar-refractivity contribution is 7.86. The van der Waals surface area contributed by atoms with Gasteiger partial charge in [0.25, 0.3) is 26.1 Å². The van der Waals surface area contributed by atoms with Gasteiger partial charge in [-0.3, -0.25) is 13.9 Å². The van der Waals surface area contributed by atoms with Crippen molar-refractivity contribution in [3.8, 4) is 0 Å². The number of nitrogens with one attached hydrogen (secondary N) is 1. The van der Waals surface area contributed by atoms with E-state index in [0.29, 0.717) is 0 Å². The Hall–Kier alpha value is -1.23. The van der Waals surface area contributed by atoms with Crippen LogP contribution in [0.4, 0.5) is 0 Å². The molecule has 1 amide bonds. The van der Waals surface area contributed by atoms with Gasteiger partial charge in [0.1, 0.15) is 5.75 Å². The molecule has 8 nitrogen and oxygen atoms in total.